The number of carbonyl (C=O) groups is 2. The van der Waals surface area contributed by atoms with Crippen molar-refractivity contribution in [3.63, 3.8) is 0 Å². The van der Waals surface area contributed by atoms with Crippen LogP contribution in [0.4, 0.5) is 0 Å². The Morgan fingerprint density at radius 2 is 1.97 bits per heavy atom. The summed E-state index contributed by atoms with van der Waals surface area (Å²) in [6, 6.07) is 7.45. The summed E-state index contributed by atoms with van der Waals surface area (Å²) < 4.78 is 6.95. The molecule has 1 unspecified atom stereocenters. The predicted octanol–water partition coefficient (Wildman–Crippen LogP) is 2.67. The van der Waals surface area contributed by atoms with E-state index >= 15 is 0 Å². The highest BCUT2D eigenvalue weighted by Gasteiger charge is 2.26. The van der Waals surface area contributed by atoms with Crippen LogP contribution in [0.5, 0.6) is 0 Å². The monoisotopic (exact) mass is 435 g/mol. The van der Waals surface area contributed by atoms with Crippen LogP contribution >= 0.6 is 12.4 Å². The highest BCUT2D eigenvalue weighted by atomic mass is 35.5. The average Bonchev–Trinajstić information content (AvgIpc) is 3.10. The van der Waals surface area contributed by atoms with Gasteiger partial charge in [-0.25, -0.2) is 4.68 Å². The summed E-state index contributed by atoms with van der Waals surface area (Å²) in [5.41, 5.74) is 2.93. The van der Waals surface area contributed by atoms with Gasteiger partial charge in [0, 0.05) is 0 Å². The standard InChI is InChI=1S/C21H29N5O3.ClH/c1-4-29-19(27)13-18(17-8-6-5-7-14(17)2)23-21(28)20-15(3)26(25-24-20)16-9-11-22-12-10-16;/h5-8,16,18,22H,4,9-13H2,1-3H3,(H,23,28);1H. The minimum Gasteiger partial charge on any atom is -0.466 e. The van der Waals surface area contributed by atoms with E-state index in [4.69, 9.17) is 4.74 Å². The van der Waals surface area contributed by atoms with Gasteiger partial charge >= 0.3 is 5.97 Å². The van der Waals surface area contributed by atoms with Crippen LogP contribution in [0.25, 0.3) is 0 Å². The molecule has 0 aliphatic carbocycles. The molecule has 1 aliphatic heterocycles. The number of hydrogen-bond acceptors (Lipinski definition) is 6. The van der Waals surface area contributed by atoms with E-state index in [1.165, 1.54) is 0 Å². The molecule has 2 N–H and O–H groups in total. The van der Waals surface area contributed by atoms with Crippen LogP contribution in [0.1, 0.15) is 65.6 Å². The van der Waals surface area contributed by atoms with Crippen LogP contribution in [0.3, 0.4) is 0 Å². The van der Waals surface area contributed by atoms with E-state index in [9.17, 15) is 9.59 Å². The van der Waals surface area contributed by atoms with Crippen LogP contribution in [0, 0.1) is 13.8 Å². The normalized spacial score (nSPS) is 15.2. The fraction of sp³-hybridized carbons (Fsp3) is 0.524. The topological polar surface area (TPSA) is 98.1 Å². The maximum absolute atomic E-state index is 13.0. The first-order valence-corrected chi connectivity index (χ1v) is 10.2. The van der Waals surface area contributed by atoms with Crippen LogP contribution in [0.15, 0.2) is 24.3 Å². The van der Waals surface area contributed by atoms with Gasteiger partial charge in [0.2, 0.25) is 0 Å². The smallest absolute Gasteiger partial charge is 0.308 e. The molecule has 8 nitrogen and oxygen atoms in total. The largest absolute Gasteiger partial charge is 0.466 e. The lowest BCUT2D eigenvalue weighted by atomic mass is 9.98. The molecule has 3 rings (SSSR count). The number of nitrogens with one attached hydrogen (secondary N) is 2. The van der Waals surface area contributed by atoms with Gasteiger partial charge in [-0.3, -0.25) is 9.59 Å². The van der Waals surface area contributed by atoms with Gasteiger partial charge < -0.3 is 15.4 Å². The number of benzene rings is 1. The van der Waals surface area contributed by atoms with Gasteiger partial charge in [-0.2, -0.15) is 0 Å². The summed E-state index contributed by atoms with van der Waals surface area (Å²) in [6.45, 7) is 7.75. The molecule has 0 bridgehead atoms. The van der Waals surface area contributed by atoms with Gasteiger partial charge in [0.05, 0.1) is 30.8 Å². The number of hydrogen-bond donors (Lipinski definition) is 2. The van der Waals surface area contributed by atoms with Crippen molar-refractivity contribution in [2.24, 2.45) is 0 Å². The molecule has 2 aromatic rings. The van der Waals surface area contributed by atoms with E-state index in [0.717, 1.165) is 42.8 Å². The highest BCUT2D eigenvalue weighted by molar-refractivity contribution is 5.93. The van der Waals surface area contributed by atoms with Gasteiger partial charge in [-0.15, -0.1) is 17.5 Å². The second kappa shape index (κ2) is 11.1. The molecule has 0 radical (unpaired) electrons. The third-order valence-corrected chi connectivity index (χ3v) is 5.34. The fourth-order valence-electron chi connectivity index (χ4n) is 3.78. The third kappa shape index (κ3) is 5.58. The molecular weight excluding hydrogens is 406 g/mol. The second-order valence-electron chi connectivity index (χ2n) is 7.34. The number of carbonyl (C=O) groups excluding carboxylic acids is 2. The third-order valence-electron chi connectivity index (χ3n) is 5.34. The average molecular weight is 436 g/mol. The van der Waals surface area contributed by atoms with E-state index < -0.39 is 6.04 Å². The van der Waals surface area contributed by atoms with Gasteiger partial charge in [0.1, 0.15) is 0 Å². The van der Waals surface area contributed by atoms with Crippen LogP contribution in [-0.2, 0) is 9.53 Å². The SMILES string of the molecule is CCOC(=O)CC(NC(=O)c1nnn(C2CCNCC2)c1C)c1ccccc1C.Cl. The van der Waals surface area contributed by atoms with Crippen molar-refractivity contribution in [2.75, 3.05) is 19.7 Å². The molecule has 30 heavy (non-hydrogen) atoms. The van der Waals surface area contributed by atoms with Crippen molar-refractivity contribution in [3.8, 4) is 0 Å². The zero-order valence-corrected chi connectivity index (χ0v) is 18.5. The molecule has 1 aliphatic rings. The van der Waals surface area contributed by atoms with Gasteiger partial charge in [-0.1, -0.05) is 29.5 Å². The van der Waals surface area contributed by atoms with Crippen molar-refractivity contribution in [2.45, 2.75) is 52.1 Å². The number of piperidine rings is 1. The number of esters is 1. The number of nitrogens with zero attached hydrogens (tertiary/aromatic N) is 3. The maximum atomic E-state index is 13.0. The Balaban J connectivity index is 0.00000320. The maximum Gasteiger partial charge on any atom is 0.308 e. The van der Waals surface area contributed by atoms with Crippen molar-refractivity contribution in [3.05, 3.63) is 46.8 Å². The predicted molar refractivity (Wildman–Crippen MR) is 116 cm³/mol. The molecule has 1 aromatic carbocycles. The van der Waals surface area contributed by atoms with Crippen LogP contribution in [0.2, 0.25) is 0 Å². The second-order valence-corrected chi connectivity index (χ2v) is 7.34. The Labute approximate surface area is 183 Å². The van der Waals surface area contributed by atoms with Gasteiger partial charge in [0.15, 0.2) is 5.69 Å². The first-order valence-electron chi connectivity index (χ1n) is 10.2. The van der Waals surface area contributed by atoms with Crippen molar-refractivity contribution in [1.82, 2.24) is 25.6 Å². The minimum absolute atomic E-state index is 0. The van der Waals surface area contributed by atoms with E-state index in [0.29, 0.717) is 12.3 Å². The molecule has 1 saturated heterocycles. The van der Waals surface area contributed by atoms with Crippen LogP contribution < -0.4 is 10.6 Å². The molecular formula is C21H30ClN5O3. The first-order chi connectivity index (χ1) is 14.0. The summed E-state index contributed by atoms with van der Waals surface area (Å²) in [7, 11) is 0. The Bertz CT molecular complexity index is 864. The van der Waals surface area contributed by atoms with Crippen molar-refractivity contribution < 1.29 is 14.3 Å². The molecule has 2 heterocycles. The van der Waals surface area contributed by atoms with Gasteiger partial charge in [0.25, 0.3) is 5.91 Å². The van der Waals surface area contributed by atoms with E-state index in [-0.39, 0.29) is 36.7 Å². The summed E-state index contributed by atoms with van der Waals surface area (Å²) in [5, 5.41) is 14.7. The Morgan fingerprint density at radius 3 is 2.63 bits per heavy atom. The van der Waals surface area contributed by atoms with Crippen molar-refractivity contribution in [1.29, 1.82) is 0 Å². The summed E-state index contributed by atoms with van der Waals surface area (Å²) in [6.07, 6.45) is 1.98. The van der Waals surface area contributed by atoms with E-state index in [1.54, 1.807) is 6.92 Å². The summed E-state index contributed by atoms with van der Waals surface area (Å²) in [4.78, 5) is 25.1. The van der Waals surface area contributed by atoms with Crippen LogP contribution in [-0.4, -0.2) is 46.6 Å². The lowest BCUT2D eigenvalue weighted by Crippen LogP contribution is -2.32. The lowest BCUT2D eigenvalue weighted by Gasteiger charge is -2.23. The van der Waals surface area contributed by atoms with E-state index in [2.05, 4.69) is 20.9 Å². The number of aromatic nitrogens is 3. The zero-order chi connectivity index (χ0) is 20.8. The highest BCUT2D eigenvalue weighted by Crippen LogP contribution is 2.23. The molecule has 1 fully saturated rings. The number of halogens is 1. The Morgan fingerprint density at radius 1 is 1.27 bits per heavy atom. The Hall–Kier alpha value is -2.45. The molecule has 9 heteroatoms. The molecule has 1 atom stereocenters. The number of aryl methyl sites for hydroxylation is 1. The van der Waals surface area contributed by atoms with Gasteiger partial charge in [-0.05, 0) is 57.8 Å². The number of rotatable bonds is 7. The summed E-state index contributed by atoms with van der Waals surface area (Å²) >= 11 is 0. The molecule has 1 aromatic heterocycles. The molecule has 164 valence electrons. The molecule has 0 saturated carbocycles. The number of ether oxygens (including phenoxy) is 1. The summed E-state index contributed by atoms with van der Waals surface area (Å²) in [5.74, 6) is -0.684. The Kier molecular flexibility index (Phi) is 8.80. The fourth-order valence-corrected chi connectivity index (χ4v) is 3.78. The zero-order valence-electron chi connectivity index (χ0n) is 17.7. The van der Waals surface area contributed by atoms with Crippen molar-refractivity contribution >= 4 is 24.3 Å². The quantitative estimate of drug-likeness (QED) is 0.649. The molecule has 0 spiro atoms. The lowest BCUT2D eigenvalue weighted by molar-refractivity contribution is -0.143. The minimum atomic E-state index is -0.494. The molecule has 1 amide bonds. The first kappa shape index (κ1) is 23.8. The van der Waals surface area contributed by atoms with E-state index in [1.807, 2.05) is 42.8 Å². The number of amides is 1.